The molecule has 0 fully saturated rings. The van der Waals surface area contributed by atoms with Crippen LogP contribution in [0.2, 0.25) is 8.67 Å². The first-order chi connectivity index (χ1) is 11.4. The molecule has 0 spiro atoms. The molecule has 1 atom stereocenters. The van der Waals surface area contributed by atoms with Crippen LogP contribution in [0.3, 0.4) is 0 Å². The fourth-order valence-corrected chi connectivity index (χ4v) is 5.46. The smallest absolute Gasteiger partial charge is 0.243 e. The zero-order valence-electron chi connectivity index (χ0n) is 12.3. The van der Waals surface area contributed by atoms with Gasteiger partial charge in [-0.15, -0.1) is 11.3 Å². The lowest BCUT2D eigenvalue weighted by molar-refractivity contribution is 0.568. The molecule has 24 heavy (non-hydrogen) atoms. The van der Waals surface area contributed by atoms with Crippen molar-refractivity contribution in [1.29, 1.82) is 0 Å². The molecule has 1 aromatic carbocycles. The minimum Gasteiger partial charge on any atom is -0.263 e. The van der Waals surface area contributed by atoms with Gasteiger partial charge >= 0.3 is 0 Å². The highest BCUT2D eigenvalue weighted by molar-refractivity contribution is 7.89. The van der Waals surface area contributed by atoms with Crippen LogP contribution in [-0.4, -0.2) is 23.6 Å². The van der Waals surface area contributed by atoms with Gasteiger partial charge in [0.2, 0.25) is 10.0 Å². The second-order valence-corrected chi connectivity index (χ2v) is 8.90. The van der Waals surface area contributed by atoms with E-state index in [9.17, 15) is 8.42 Å². The summed E-state index contributed by atoms with van der Waals surface area (Å²) in [6.07, 6.45) is 0. The molecular weight excluding hydrogens is 391 g/mol. The number of rotatable bonds is 5. The minimum absolute atomic E-state index is 0.0626. The van der Waals surface area contributed by atoms with Gasteiger partial charge in [0.1, 0.15) is 21.1 Å². The Morgan fingerprint density at radius 1 is 1.25 bits per heavy atom. The molecule has 0 saturated carbocycles. The van der Waals surface area contributed by atoms with Crippen molar-refractivity contribution in [2.45, 2.75) is 17.9 Å². The van der Waals surface area contributed by atoms with Gasteiger partial charge in [-0.3, -0.25) is 5.10 Å². The van der Waals surface area contributed by atoms with Gasteiger partial charge in [-0.2, -0.15) is 9.82 Å². The Bertz CT molecular complexity index is 954. The van der Waals surface area contributed by atoms with Crippen molar-refractivity contribution in [3.63, 3.8) is 0 Å². The number of hydrogen-bond donors (Lipinski definition) is 2. The van der Waals surface area contributed by atoms with Gasteiger partial charge < -0.3 is 0 Å². The number of thiophene rings is 1. The quantitative estimate of drug-likeness (QED) is 0.682. The van der Waals surface area contributed by atoms with Crippen LogP contribution in [0.1, 0.15) is 23.3 Å². The summed E-state index contributed by atoms with van der Waals surface area (Å²) in [5.41, 5.74) is 0.706. The van der Waals surface area contributed by atoms with Crippen LogP contribution in [0.15, 0.2) is 41.3 Å². The van der Waals surface area contributed by atoms with Crippen molar-refractivity contribution in [1.82, 2.24) is 19.9 Å². The van der Waals surface area contributed by atoms with E-state index in [1.165, 1.54) is 6.07 Å². The first kappa shape index (κ1) is 17.4. The largest absolute Gasteiger partial charge is 0.263 e. The predicted molar refractivity (Wildman–Crippen MR) is 94.1 cm³/mol. The molecule has 126 valence electrons. The molecule has 2 N–H and O–H groups in total. The number of hydrogen-bond acceptors (Lipinski definition) is 5. The molecule has 0 aliphatic rings. The molecule has 2 heterocycles. The lowest BCUT2D eigenvalue weighted by Gasteiger charge is -2.16. The fourth-order valence-electron chi connectivity index (χ4n) is 2.13. The third kappa shape index (κ3) is 3.62. The average molecular weight is 403 g/mol. The molecule has 6 nitrogen and oxygen atoms in total. The number of halogens is 2. The number of sulfonamides is 1. The first-order valence-electron chi connectivity index (χ1n) is 6.78. The number of nitrogens with one attached hydrogen (secondary N) is 2. The van der Waals surface area contributed by atoms with Crippen LogP contribution >= 0.6 is 34.5 Å². The van der Waals surface area contributed by atoms with Crippen LogP contribution in [0, 0.1) is 6.92 Å². The number of aromatic nitrogens is 3. The van der Waals surface area contributed by atoms with E-state index in [2.05, 4.69) is 19.9 Å². The Hall–Kier alpha value is -1.45. The zero-order chi connectivity index (χ0) is 17.3. The summed E-state index contributed by atoms with van der Waals surface area (Å²) in [6.45, 7) is 1.74. The van der Waals surface area contributed by atoms with Crippen molar-refractivity contribution >= 4 is 44.6 Å². The lowest BCUT2D eigenvalue weighted by Crippen LogP contribution is -2.30. The molecule has 2 aromatic heterocycles. The maximum Gasteiger partial charge on any atom is 0.243 e. The highest BCUT2D eigenvalue weighted by Gasteiger charge is 2.28. The van der Waals surface area contributed by atoms with Crippen molar-refractivity contribution in [2.24, 2.45) is 0 Å². The Kier molecular flexibility index (Phi) is 4.93. The van der Waals surface area contributed by atoms with Crippen LogP contribution in [-0.2, 0) is 10.0 Å². The van der Waals surface area contributed by atoms with Gasteiger partial charge in [-0.05, 0) is 18.6 Å². The number of benzene rings is 1. The van der Waals surface area contributed by atoms with E-state index >= 15 is 0 Å². The Balaban J connectivity index is 2.02. The second kappa shape index (κ2) is 6.81. The Labute approximate surface area is 152 Å². The summed E-state index contributed by atoms with van der Waals surface area (Å²) in [5.74, 6) is 0.904. The summed E-state index contributed by atoms with van der Waals surface area (Å²) in [7, 11) is -3.91. The van der Waals surface area contributed by atoms with E-state index in [0.29, 0.717) is 21.5 Å². The average Bonchev–Trinajstić information content (AvgIpc) is 3.11. The van der Waals surface area contributed by atoms with Crippen molar-refractivity contribution < 1.29 is 8.42 Å². The van der Waals surface area contributed by atoms with Crippen molar-refractivity contribution in [3.8, 4) is 0 Å². The highest BCUT2D eigenvalue weighted by Crippen LogP contribution is 2.35. The van der Waals surface area contributed by atoms with Crippen LogP contribution < -0.4 is 4.72 Å². The van der Waals surface area contributed by atoms with Gasteiger partial charge in [-0.1, -0.05) is 53.5 Å². The van der Waals surface area contributed by atoms with E-state index in [1.807, 2.05) is 18.2 Å². The molecule has 0 amide bonds. The number of aryl methyl sites for hydroxylation is 1. The van der Waals surface area contributed by atoms with Gasteiger partial charge in [0.25, 0.3) is 0 Å². The van der Waals surface area contributed by atoms with E-state index in [-0.39, 0.29) is 9.23 Å². The summed E-state index contributed by atoms with van der Waals surface area (Å²) in [6, 6.07) is 9.61. The van der Waals surface area contributed by atoms with Crippen LogP contribution in [0.5, 0.6) is 0 Å². The van der Waals surface area contributed by atoms with Gasteiger partial charge in [0, 0.05) is 0 Å². The van der Waals surface area contributed by atoms with Gasteiger partial charge in [0.05, 0.1) is 4.34 Å². The highest BCUT2D eigenvalue weighted by atomic mass is 35.5. The molecule has 0 radical (unpaired) electrons. The molecular formula is C14H12Cl2N4O2S2. The third-order valence-corrected chi connectivity index (χ3v) is 6.37. The molecule has 0 saturated heterocycles. The summed E-state index contributed by atoms with van der Waals surface area (Å²) >= 11 is 12.8. The molecule has 3 aromatic rings. The molecule has 0 aliphatic carbocycles. The lowest BCUT2D eigenvalue weighted by atomic mass is 10.1. The van der Waals surface area contributed by atoms with E-state index < -0.39 is 16.1 Å². The van der Waals surface area contributed by atoms with Crippen molar-refractivity contribution in [3.05, 3.63) is 62.3 Å². The normalized spacial score (nSPS) is 13.1. The van der Waals surface area contributed by atoms with Gasteiger partial charge in [-0.25, -0.2) is 13.4 Å². The fraction of sp³-hybridized carbons (Fsp3) is 0.143. The molecule has 10 heteroatoms. The van der Waals surface area contributed by atoms with Gasteiger partial charge in [0.15, 0.2) is 5.82 Å². The standard InChI is InChI=1S/C14H12Cl2N4O2S2/c1-8-17-14(19-18-8)12(9-5-3-2-4-6-9)20-24(21,22)10-7-11(15)23-13(10)16/h2-7,12,20H,1H3,(H,17,18,19). The predicted octanol–water partition coefficient (Wildman–Crippen LogP) is 3.55. The SMILES string of the molecule is Cc1nc(C(NS(=O)(=O)c2cc(Cl)sc2Cl)c2ccccc2)n[nH]1. The first-order valence-corrected chi connectivity index (χ1v) is 9.83. The van der Waals surface area contributed by atoms with Crippen molar-refractivity contribution in [2.75, 3.05) is 0 Å². The summed E-state index contributed by atoms with van der Waals surface area (Å²) < 4.78 is 28.4. The van der Waals surface area contributed by atoms with E-state index in [1.54, 1.807) is 19.1 Å². The molecule has 1 unspecified atom stereocenters. The number of aromatic amines is 1. The summed E-state index contributed by atoms with van der Waals surface area (Å²) in [5, 5.41) is 6.80. The van der Waals surface area contributed by atoms with E-state index in [0.717, 1.165) is 11.3 Å². The summed E-state index contributed by atoms with van der Waals surface area (Å²) in [4.78, 5) is 4.18. The molecule has 0 bridgehead atoms. The third-order valence-electron chi connectivity index (χ3n) is 3.19. The minimum atomic E-state index is -3.91. The Morgan fingerprint density at radius 2 is 1.96 bits per heavy atom. The zero-order valence-corrected chi connectivity index (χ0v) is 15.5. The monoisotopic (exact) mass is 402 g/mol. The molecule has 0 aliphatic heterocycles. The number of nitrogens with zero attached hydrogens (tertiary/aromatic N) is 2. The Morgan fingerprint density at radius 3 is 2.50 bits per heavy atom. The van der Waals surface area contributed by atoms with Crippen LogP contribution in [0.4, 0.5) is 0 Å². The number of H-pyrrole nitrogens is 1. The topological polar surface area (TPSA) is 87.7 Å². The van der Waals surface area contributed by atoms with Crippen LogP contribution in [0.25, 0.3) is 0 Å². The molecule has 3 rings (SSSR count). The maximum atomic E-state index is 12.7. The maximum absolute atomic E-state index is 12.7. The van der Waals surface area contributed by atoms with E-state index in [4.69, 9.17) is 23.2 Å². The second-order valence-electron chi connectivity index (χ2n) is 4.93.